The molecule has 1 aliphatic carbocycles. The van der Waals surface area contributed by atoms with Gasteiger partial charge in [-0.3, -0.25) is 0 Å². The van der Waals surface area contributed by atoms with Gasteiger partial charge in [-0.15, -0.1) is 0 Å². The Morgan fingerprint density at radius 1 is 1.56 bits per heavy atom. The second-order valence-electron chi connectivity index (χ2n) is 4.40. The number of nitrogens with zero attached hydrogens (tertiary/aromatic N) is 1. The number of H-pyrrole nitrogens is 1. The van der Waals surface area contributed by atoms with Crippen molar-refractivity contribution < 1.29 is 13.2 Å². The van der Waals surface area contributed by atoms with Gasteiger partial charge in [-0.25, -0.2) is 8.42 Å². The third-order valence-corrected chi connectivity index (χ3v) is 4.94. The second-order valence-corrected chi connectivity index (χ2v) is 6.30. The van der Waals surface area contributed by atoms with Gasteiger partial charge in [0.05, 0.1) is 11.5 Å². The minimum absolute atomic E-state index is 0.126. The standard InChI is InChI=1S/C11H19N3O3S/c1-17-5-4-14(10-2-3-10)18(15,16)11-6-9(7-12)13-8-11/h6,8,10,13H,2-5,7,12H2,1H3. The molecule has 0 saturated heterocycles. The summed E-state index contributed by atoms with van der Waals surface area (Å²) in [6, 6.07) is 1.72. The van der Waals surface area contributed by atoms with Crippen molar-refractivity contribution in [3.05, 3.63) is 18.0 Å². The van der Waals surface area contributed by atoms with Crippen LogP contribution in [0.1, 0.15) is 18.5 Å². The first-order valence-corrected chi connectivity index (χ1v) is 7.41. The van der Waals surface area contributed by atoms with Crippen molar-refractivity contribution in [2.24, 2.45) is 5.73 Å². The van der Waals surface area contributed by atoms with Gasteiger partial charge < -0.3 is 15.5 Å². The molecule has 102 valence electrons. The Bertz CT molecular complexity index is 493. The summed E-state index contributed by atoms with van der Waals surface area (Å²) in [5.74, 6) is 0. The number of nitrogens with two attached hydrogens (primary N) is 1. The average Bonchev–Trinajstić information content (AvgIpc) is 3.05. The fraction of sp³-hybridized carbons (Fsp3) is 0.636. The average molecular weight is 273 g/mol. The third kappa shape index (κ3) is 2.74. The predicted molar refractivity (Wildman–Crippen MR) is 67.5 cm³/mol. The van der Waals surface area contributed by atoms with E-state index in [0.717, 1.165) is 18.5 Å². The maximum atomic E-state index is 12.5. The van der Waals surface area contributed by atoms with Crippen LogP contribution in [-0.4, -0.2) is 44.0 Å². The molecule has 7 heteroatoms. The Balaban J connectivity index is 2.21. The normalized spacial score (nSPS) is 16.4. The number of sulfonamides is 1. The van der Waals surface area contributed by atoms with E-state index in [9.17, 15) is 8.42 Å². The minimum Gasteiger partial charge on any atom is -0.383 e. The molecule has 0 atom stereocenters. The van der Waals surface area contributed by atoms with E-state index < -0.39 is 10.0 Å². The van der Waals surface area contributed by atoms with E-state index in [1.807, 2.05) is 0 Å². The monoisotopic (exact) mass is 273 g/mol. The first-order valence-electron chi connectivity index (χ1n) is 5.97. The summed E-state index contributed by atoms with van der Waals surface area (Å²) in [5, 5.41) is 0. The predicted octanol–water partition coefficient (Wildman–Crippen LogP) is 0.273. The number of aromatic amines is 1. The quantitative estimate of drug-likeness (QED) is 0.746. The van der Waals surface area contributed by atoms with E-state index in [1.165, 1.54) is 10.5 Å². The van der Waals surface area contributed by atoms with Crippen LogP contribution in [0.25, 0.3) is 0 Å². The largest absolute Gasteiger partial charge is 0.383 e. The number of rotatable bonds is 7. The molecular weight excluding hydrogens is 254 g/mol. The minimum atomic E-state index is -3.43. The fourth-order valence-electron chi connectivity index (χ4n) is 1.86. The van der Waals surface area contributed by atoms with Gasteiger partial charge >= 0.3 is 0 Å². The van der Waals surface area contributed by atoms with E-state index in [-0.39, 0.29) is 10.9 Å². The van der Waals surface area contributed by atoms with Crippen LogP contribution in [0.2, 0.25) is 0 Å². The highest BCUT2D eigenvalue weighted by atomic mass is 32.2. The lowest BCUT2D eigenvalue weighted by Gasteiger charge is -2.20. The molecular formula is C11H19N3O3S. The molecule has 1 fully saturated rings. The van der Waals surface area contributed by atoms with Gasteiger partial charge in [0.1, 0.15) is 0 Å². The number of hydrogen-bond acceptors (Lipinski definition) is 4. The molecule has 2 rings (SSSR count). The lowest BCUT2D eigenvalue weighted by atomic mass is 10.4. The molecule has 0 bridgehead atoms. The third-order valence-electron chi connectivity index (χ3n) is 3.01. The van der Waals surface area contributed by atoms with E-state index in [1.54, 1.807) is 13.2 Å². The number of nitrogens with one attached hydrogen (secondary N) is 1. The molecule has 1 aliphatic rings. The molecule has 18 heavy (non-hydrogen) atoms. The zero-order chi connectivity index (χ0) is 13.2. The number of methoxy groups -OCH3 is 1. The summed E-state index contributed by atoms with van der Waals surface area (Å²) < 4.78 is 31.4. The Hall–Kier alpha value is -0.890. The van der Waals surface area contributed by atoms with Gasteiger partial charge in [0.15, 0.2) is 0 Å². The van der Waals surface area contributed by atoms with Crippen molar-refractivity contribution in [2.75, 3.05) is 20.3 Å². The van der Waals surface area contributed by atoms with Gasteiger partial charge in [0, 0.05) is 38.1 Å². The second kappa shape index (κ2) is 5.40. The van der Waals surface area contributed by atoms with Crippen molar-refractivity contribution >= 4 is 10.0 Å². The first-order chi connectivity index (χ1) is 8.59. The van der Waals surface area contributed by atoms with Crippen LogP contribution in [0, 0.1) is 0 Å². The molecule has 0 amide bonds. The number of hydrogen-bond donors (Lipinski definition) is 2. The molecule has 1 aromatic heterocycles. The van der Waals surface area contributed by atoms with Gasteiger partial charge in [0.25, 0.3) is 0 Å². The topological polar surface area (TPSA) is 88.4 Å². The number of ether oxygens (including phenoxy) is 1. The molecule has 1 heterocycles. The van der Waals surface area contributed by atoms with E-state index >= 15 is 0 Å². The summed E-state index contributed by atoms with van der Waals surface area (Å²) >= 11 is 0. The Labute approximate surface area is 107 Å². The van der Waals surface area contributed by atoms with E-state index in [4.69, 9.17) is 10.5 Å². The molecule has 0 unspecified atom stereocenters. The zero-order valence-electron chi connectivity index (χ0n) is 10.4. The van der Waals surface area contributed by atoms with E-state index in [2.05, 4.69) is 4.98 Å². The van der Waals surface area contributed by atoms with Crippen molar-refractivity contribution in [2.45, 2.75) is 30.3 Å². The van der Waals surface area contributed by atoms with Crippen LogP contribution in [0.4, 0.5) is 0 Å². The van der Waals surface area contributed by atoms with Crippen molar-refractivity contribution in [3.63, 3.8) is 0 Å². The summed E-state index contributed by atoms with van der Waals surface area (Å²) in [4.78, 5) is 3.15. The highest BCUT2D eigenvalue weighted by Crippen LogP contribution is 2.31. The Kier molecular flexibility index (Phi) is 4.06. The van der Waals surface area contributed by atoms with Crippen LogP contribution in [0.5, 0.6) is 0 Å². The lowest BCUT2D eigenvalue weighted by Crippen LogP contribution is -2.35. The summed E-state index contributed by atoms with van der Waals surface area (Å²) in [7, 11) is -1.86. The highest BCUT2D eigenvalue weighted by molar-refractivity contribution is 7.89. The molecule has 0 spiro atoms. The lowest BCUT2D eigenvalue weighted by molar-refractivity contribution is 0.177. The van der Waals surface area contributed by atoms with Gasteiger partial charge in [0.2, 0.25) is 10.0 Å². The molecule has 0 aromatic carbocycles. The van der Waals surface area contributed by atoms with Crippen LogP contribution >= 0.6 is 0 Å². The van der Waals surface area contributed by atoms with E-state index in [0.29, 0.717) is 19.7 Å². The molecule has 0 aliphatic heterocycles. The molecule has 3 N–H and O–H groups in total. The SMILES string of the molecule is COCCN(C1CC1)S(=O)(=O)c1c[nH]c(CN)c1. The maximum Gasteiger partial charge on any atom is 0.244 e. The van der Waals surface area contributed by atoms with Gasteiger partial charge in [-0.1, -0.05) is 0 Å². The highest BCUT2D eigenvalue weighted by Gasteiger charge is 2.38. The fourth-order valence-corrected chi connectivity index (χ4v) is 3.55. The van der Waals surface area contributed by atoms with Crippen molar-refractivity contribution in [1.29, 1.82) is 0 Å². The number of aromatic nitrogens is 1. The van der Waals surface area contributed by atoms with Gasteiger partial charge in [-0.2, -0.15) is 4.31 Å². The zero-order valence-corrected chi connectivity index (χ0v) is 11.2. The van der Waals surface area contributed by atoms with Gasteiger partial charge in [-0.05, 0) is 18.9 Å². The smallest absolute Gasteiger partial charge is 0.244 e. The first kappa shape index (κ1) is 13.5. The van der Waals surface area contributed by atoms with Crippen LogP contribution in [-0.2, 0) is 21.3 Å². The molecule has 1 saturated carbocycles. The molecule has 0 radical (unpaired) electrons. The molecule has 6 nitrogen and oxygen atoms in total. The van der Waals surface area contributed by atoms with Crippen LogP contribution < -0.4 is 5.73 Å². The maximum absolute atomic E-state index is 12.5. The van der Waals surface area contributed by atoms with Crippen molar-refractivity contribution in [3.8, 4) is 0 Å². The molecule has 1 aromatic rings. The Morgan fingerprint density at radius 2 is 2.28 bits per heavy atom. The van der Waals surface area contributed by atoms with Crippen LogP contribution in [0.15, 0.2) is 17.2 Å². The Morgan fingerprint density at radius 3 is 2.78 bits per heavy atom. The summed E-state index contributed by atoms with van der Waals surface area (Å²) in [6.07, 6.45) is 3.36. The van der Waals surface area contributed by atoms with Crippen LogP contribution in [0.3, 0.4) is 0 Å². The van der Waals surface area contributed by atoms with Crippen molar-refractivity contribution in [1.82, 2.24) is 9.29 Å². The summed E-state index contributed by atoms with van der Waals surface area (Å²) in [5.41, 5.74) is 6.19. The summed E-state index contributed by atoms with van der Waals surface area (Å²) in [6.45, 7) is 1.10.